The molecule has 0 aliphatic rings. The molecule has 3 nitrogen and oxygen atoms in total. The molecule has 0 aliphatic heterocycles. The first kappa shape index (κ1) is 27.1. The van der Waals surface area contributed by atoms with Crippen molar-refractivity contribution in [2.45, 2.75) is 110 Å². The maximum Gasteiger partial charge on any atom is 0.159 e. The van der Waals surface area contributed by atoms with E-state index in [1.54, 1.807) is 0 Å². The molecule has 1 aromatic heterocycles. The van der Waals surface area contributed by atoms with Gasteiger partial charge in [-0.05, 0) is 74.8 Å². The Labute approximate surface area is 203 Å². The molecule has 1 aromatic carbocycles. The number of benzene rings is 1. The number of hydrogen-bond donors (Lipinski definition) is 0. The van der Waals surface area contributed by atoms with E-state index < -0.39 is 0 Å². The van der Waals surface area contributed by atoms with Crippen LogP contribution in [0.3, 0.4) is 0 Å². The molecule has 1 heterocycles. The highest BCUT2D eigenvalue weighted by molar-refractivity contribution is 5.55. The Morgan fingerprint density at radius 1 is 0.667 bits per heavy atom. The molecule has 3 heteroatoms. The number of unbranched alkanes of at least 4 members (excludes halogenated alkanes) is 11. The van der Waals surface area contributed by atoms with Gasteiger partial charge in [-0.3, -0.25) is 0 Å². The lowest BCUT2D eigenvalue weighted by Crippen LogP contribution is -1.97. The third-order valence-corrected chi connectivity index (χ3v) is 6.06. The lowest BCUT2D eigenvalue weighted by Gasteiger charge is -2.07. The Morgan fingerprint density at radius 2 is 1.24 bits per heavy atom. The van der Waals surface area contributed by atoms with Crippen LogP contribution in [-0.4, -0.2) is 16.6 Å². The molecule has 2 aromatic rings. The molecule has 0 spiro atoms. The Morgan fingerprint density at radius 3 is 1.91 bits per heavy atom. The minimum absolute atomic E-state index is 0.771. The number of ether oxygens (including phenoxy) is 1. The maximum absolute atomic E-state index is 5.90. The Bertz CT molecular complexity index is 737. The summed E-state index contributed by atoms with van der Waals surface area (Å²) in [5.41, 5.74) is 2.28. The van der Waals surface area contributed by atoms with Gasteiger partial charge in [0.25, 0.3) is 0 Å². The predicted octanol–water partition coefficient (Wildman–Crippen LogP) is 9.12. The molecule has 0 fully saturated rings. The van der Waals surface area contributed by atoms with Gasteiger partial charge >= 0.3 is 0 Å². The number of aryl methyl sites for hydroxylation is 1. The highest BCUT2D eigenvalue weighted by Gasteiger charge is 2.03. The molecule has 0 unspecified atom stereocenters. The average molecular weight is 451 g/mol. The third kappa shape index (κ3) is 12.6. The minimum atomic E-state index is 0.771. The summed E-state index contributed by atoms with van der Waals surface area (Å²) in [7, 11) is 0. The topological polar surface area (TPSA) is 35.0 Å². The van der Waals surface area contributed by atoms with E-state index in [4.69, 9.17) is 4.74 Å². The number of rotatable bonds is 19. The molecule has 0 saturated carbocycles. The van der Waals surface area contributed by atoms with E-state index in [2.05, 4.69) is 48.1 Å². The van der Waals surface area contributed by atoms with Crippen molar-refractivity contribution in [2.24, 2.45) is 0 Å². The summed E-state index contributed by atoms with van der Waals surface area (Å²) in [6.45, 7) is 5.29. The Balaban J connectivity index is 1.61. The van der Waals surface area contributed by atoms with Crippen LogP contribution in [0.15, 0.2) is 48.8 Å². The summed E-state index contributed by atoms with van der Waals surface area (Å²) in [4.78, 5) is 9.17. The van der Waals surface area contributed by atoms with Crippen molar-refractivity contribution in [1.82, 2.24) is 9.97 Å². The van der Waals surface area contributed by atoms with Crippen LogP contribution < -0.4 is 4.74 Å². The fraction of sp³-hybridized carbons (Fsp3) is 0.600. The van der Waals surface area contributed by atoms with Crippen molar-refractivity contribution in [3.8, 4) is 17.1 Å². The monoisotopic (exact) mass is 450 g/mol. The molecular formula is C30H46N2O. The zero-order valence-corrected chi connectivity index (χ0v) is 21.2. The molecule has 0 aliphatic carbocycles. The van der Waals surface area contributed by atoms with Crippen molar-refractivity contribution in [2.75, 3.05) is 6.61 Å². The molecule has 0 saturated heterocycles. The van der Waals surface area contributed by atoms with Gasteiger partial charge < -0.3 is 4.74 Å². The van der Waals surface area contributed by atoms with E-state index in [9.17, 15) is 0 Å². The summed E-state index contributed by atoms with van der Waals surface area (Å²) in [5, 5.41) is 0. The van der Waals surface area contributed by atoms with E-state index >= 15 is 0 Å². The van der Waals surface area contributed by atoms with Gasteiger partial charge in [-0.1, -0.05) is 77.4 Å². The van der Waals surface area contributed by atoms with E-state index in [0.717, 1.165) is 43.0 Å². The largest absolute Gasteiger partial charge is 0.494 e. The van der Waals surface area contributed by atoms with Crippen LogP contribution >= 0.6 is 0 Å². The van der Waals surface area contributed by atoms with Crippen LogP contribution in [0.2, 0.25) is 0 Å². The fourth-order valence-electron chi connectivity index (χ4n) is 3.92. The smallest absolute Gasteiger partial charge is 0.159 e. The molecule has 0 bridgehead atoms. The average Bonchev–Trinajstić information content (AvgIpc) is 2.85. The Kier molecular flexibility index (Phi) is 15.0. The lowest BCUT2D eigenvalue weighted by molar-refractivity contribution is 0.307. The quantitative estimate of drug-likeness (QED) is 0.158. The maximum atomic E-state index is 5.90. The highest BCUT2D eigenvalue weighted by atomic mass is 16.5. The zero-order chi connectivity index (χ0) is 23.4. The summed E-state index contributed by atoms with van der Waals surface area (Å²) in [5.74, 6) is 1.71. The summed E-state index contributed by atoms with van der Waals surface area (Å²) in [6, 6.07) is 8.16. The molecule has 0 atom stereocenters. The molecule has 0 amide bonds. The number of aromatic nitrogens is 2. The van der Waals surface area contributed by atoms with E-state index in [1.165, 1.54) is 82.6 Å². The SMILES string of the molecule is CCCCC/C=C\CCCCOc1ccc(-c2ncc(CCCCCCCCC)cn2)cc1. The third-order valence-electron chi connectivity index (χ3n) is 6.06. The van der Waals surface area contributed by atoms with Crippen molar-refractivity contribution in [3.63, 3.8) is 0 Å². The van der Waals surface area contributed by atoms with E-state index in [0.29, 0.717) is 0 Å². The van der Waals surface area contributed by atoms with Crippen LogP contribution in [0.5, 0.6) is 5.75 Å². The second kappa shape index (κ2) is 18.3. The van der Waals surface area contributed by atoms with Gasteiger partial charge in [0.15, 0.2) is 5.82 Å². The fourth-order valence-corrected chi connectivity index (χ4v) is 3.92. The van der Waals surface area contributed by atoms with Gasteiger partial charge in [0.2, 0.25) is 0 Å². The predicted molar refractivity (Wildman–Crippen MR) is 142 cm³/mol. The normalized spacial score (nSPS) is 11.3. The van der Waals surface area contributed by atoms with Crippen molar-refractivity contribution in [1.29, 1.82) is 0 Å². The molecular weight excluding hydrogens is 404 g/mol. The first-order valence-corrected chi connectivity index (χ1v) is 13.5. The second-order valence-corrected chi connectivity index (χ2v) is 9.12. The molecule has 0 N–H and O–H groups in total. The van der Waals surface area contributed by atoms with Crippen LogP contribution in [0, 0.1) is 0 Å². The van der Waals surface area contributed by atoms with E-state index in [-0.39, 0.29) is 0 Å². The van der Waals surface area contributed by atoms with Gasteiger partial charge in [0.1, 0.15) is 5.75 Å². The van der Waals surface area contributed by atoms with Crippen LogP contribution in [0.4, 0.5) is 0 Å². The standard InChI is InChI=1S/C30H46N2O/c1-3-5-7-9-11-12-14-16-18-24-33-29-22-20-28(21-23-29)30-31-25-27(26-32-30)19-17-15-13-10-8-6-4-2/h11-12,20-23,25-26H,3-10,13-19,24H2,1-2H3/b12-11-. The summed E-state index contributed by atoms with van der Waals surface area (Å²) in [6.07, 6.45) is 27.7. The first-order chi connectivity index (χ1) is 16.3. The summed E-state index contributed by atoms with van der Waals surface area (Å²) >= 11 is 0. The van der Waals surface area contributed by atoms with Crippen molar-refractivity contribution < 1.29 is 4.74 Å². The number of hydrogen-bond acceptors (Lipinski definition) is 3. The minimum Gasteiger partial charge on any atom is -0.494 e. The van der Waals surface area contributed by atoms with E-state index in [1.807, 2.05) is 24.5 Å². The van der Waals surface area contributed by atoms with Crippen LogP contribution in [-0.2, 0) is 6.42 Å². The van der Waals surface area contributed by atoms with Crippen LogP contribution in [0.1, 0.15) is 109 Å². The van der Waals surface area contributed by atoms with Gasteiger partial charge in [0, 0.05) is 18.0 Å². The lowest BCUT2D eigenvalue weighted by atomic mass is 10.1. The highest BCUT2D eigenvalue weighted by Crippen LogP contribution is 2.20. The molecule has 2 rings (SSSR count). The molecule has 182 valence electrons. The number of allylic oxidation sites excluding steroid dienone is 2. The molecule has 33 heavy (non-hydrogen) atoms. The zero-order valence-electron chi connectivity index (χ0n) is 21.2. The van der Waals surface area contributed by atoms with Gasteiger partial charge in [-0.2, -0.15) is 0 Å². The van der Waals surface area contributed by atoms with Crippen LogP contribution in [0.25, 0.3) is 11.4 Å². The summed E-state index contributed by atoms with van der Waals surface area (Å²) < 4.78 is 5.90. The van der Waals surface area contributed by atoms with Crippen molar-refractivity contribution >= 4 is 0 Å². The Hall–Kier alpha value is -2.16. The van der Waals surface area contributed by atoms with Gasteiger partial charge in [-0.25, -0.2) is 9.97 Å². The second-order valence-electron chi connectivity index (χ2n) is 9.12. The van der Waals surface area contributed by atoms with Crippen molar-refractivity contribution in [3.05, 3.63) is 54.4 Å². The first-order valence-electron chi connectivity index (χ1n) is 13.5. The van der Waals surface area contributed by atoms with Gasteiger partial charge in [0.05, 0.1) is 6.61 Å². The molecule has 0 radical (unpaired) electrons. The van der Waals surface area contributed by atoms with Gasteiger partial charge in [-0.15, -0.1) is 0 Å². The number of nitrogens with zero attached hydrogens (tertiary/aromatic N) is 2.